The number of hydrogen-bond acceptors (Lipinski definition) is 7. The third-order valence-corrected chi connectivity index (χ3v) is 4.21. The Kier molecular flexibility index (Phi) is 4.45. The minimum atomic E-state index is 0.366. The van der Waals surface area contributed by atoms with Crippen molar-refractivity contribution >= 4 is 34.7 Å². The van der Waals surface area contributed by atoms with Gasteiger partial charge in [0.25, 0.3) is 0 Å². The molecule has 132 valence electrons. The second-order valence-electron chi connectivity index (χ2n) is 5.74. The van der Waals surface area contributed by atoms with Gasteiger partial charge in [0.15, 0.2) is 17.3 Å². The molecule has 1 aliphatic heterocycles. The zero-order chi connectivity index (χ0) is 17.9. The van der Waals surface area contributed by atoms with E-state index in [4.69, 9.17) is 21.1 Å². The molecule has 0 fully saturated rings. The SMILES string of the molecule is Cc1ccc(Nc2cnnc(Nc3ccc4c(c3)OCCO4)n2)cc1Cl. The van der Waals surface area contributed by atoms with Crippen LogP contribution < -0.4 is 20.1 Å². The van der Waals surface area contributed by atoms with E-state index >= 15 is 0 Å². The van der Waals surface area contributed by atoms with Crippen molar-refractivity contribution in [3.63, 3.8) is 0 Å². The van der Waals surface area contributed by atoms with Crippen LogP contribution in [0.1, 0.15) is 5.56 Å². The maximum Gasteiger partial charge on any atom is 0.249 e. The van der Waals surface area contributed by atoms with Crippen LogP contribution in [-0.4, -0.2) is 28.4 Å². The lowest BCUT2D eigenvalue weighted by atomic mass is 10.2. The average molecular weight is 370 g/mol. The lowest BCUT2D eigenvalue weighted by Crippen LogP contribution is -2.15. The van der Waals surface area contributed by atoms with Gasteiger partial charge >= 0.3 is 0 Å². The van der Waals surface area contributed by atoms with Crippen LogP contribution in [0.3, 0.4) is 0 Å². The molecule has 0 atom stereocenters. The van der Waals surface area contributed by atoms with Crippen LogP contribution >= 0.6 is 11.6 Å². The summed E-state index contributed by atoms with van der Waals surface area (Å²) in [6.45, 7) is 3.05. The zero-order valence-corrected chi connectivity index (χ0v) is 14.7. The van der Waals surface area contributed by atoms with Gasteiger partial charge < -0.3 is 20.1 Å². The van der Waals surface area contributed by atoms with E-state index in [0.717, 1.165) is 22.7 Å². The van der Waals surface area contributed by atoms with E-state index in [1.807, 2.05) is 43.3 Å². The van der Waals surface area contributed by atoms with Crippen molar-refractivity contribution in [2.45, 2.75) is 6.92 Å². The molecule has 2 heterocycles. The summed E-state index contributed by atoms with van der Waals surface area (Å²) in [5.74, 6) is 2.34. The van der Waals surface area contributed by atoms with Gasteiger partial charge in [-0.1, -0.05) is 17.7 Å². The van der Waals surface area contributed by atoms with E-state index in [1.54, 1.807) is 6.20 Å². The number of aryl methyl sites for hydroxylation is 1. The fourth-order valence-electron chi connectivity index (χ4n) is 2.49. The first-order valence-electron chi connectivity index (χ1n) is 8.07. The molecule has 7 nitrogen and oxygen atoms in total. The summed E-state index contributed by atoms with van der Waals surface area (Å²) >= 11 is 6.15. The van der Waals surface area contributed by atoms with Gasteiger partial charge in [0, 0.05) is 22.5 Å². The Morgan fingerprint density at radius 1 is 0.962 bits per heavy atom. The van der Waals surface area contributed by atoms with Gasteiger partial charge in [-0.2, -0.15) is 10.1 Å². The average Bonchev–Trinajstić information content (AvgIpc) is 2.65. The Morgan fingerprint density at radius 3 is 2.58 bits per heavy atom. The van der Waals surface area contributed by atoms with Crippen LogP contribution in [0.5, 0.6) is 11.5 Å². The Morgan fingerprint density at radius 2 is 1.73 bits per heavy atom. The summed E-state index contributed by atoms with van der Waals surface area (Å²) in [6, 6.07) is 11.3. The quantitative estimate of drug-likeness (QED) is 0.716. The molecule has 0 unspecified atom stereocenters. The van der Waals surface area contributed by atoms with E-state index in [9.17, 15) is 0 Å². The molecule has 1 aliphatic rings. The molecular formula is C18H16ClN5O2. The molecule has 0 bridgehead atoms. The van der Waals surface area contributed by atoms with Gasteiger partial charge in [-0.3, -0.25) is 0 Å². The first-order valence-corrected chi connectivity index (χ1v) is 8.45. The van der Waals surface area contributed by atoms with Crippen molar-refractivity contribution in [3.8, 4) is 11.5 Å². The van der Waals surface area contributed by atoms with Gasteiger partial charge in [-0.15, -0.1) is 5.10 Å². The van der Waals surface area contributed by atoms with E-state index in [0.29, 0.717) is 35.8 Å². The molecular weight excluding hydrogens is 354 g/mol. The third-order valence-electron chi connectivity index (χ3n) is 3.80. The number of nitrogens with zero attached hydrogens (tertiary/aromatic N) is 3. The number of fused-ring (bicyclic) bond motifs is 1. The predicted octanol–water partition coefficient (Wildman–Crippen LogP) is 4.09. The number of ether oxygens (including phenoxy) is 2. The summed E-state index contributed by atoms with van der Waals surface area (Å²) in [5, 5.41) is 15.0. The van der Waals surface area contributed by atoms with Crippen molar-refractivity contribution in [3.05, 3.63) is 53.2 Å². The third kappa shape index (κ3) is 3.62. The Labute approximate surface area is 155 Å². The van der Waals surface area contributed by atoms with Gasteiger partial charge in [0.05, 0.1) is 6.20 Å². The molecule has 2 aromatic carbocycles. The first-order chi connectivity index (χ1) is 12.7. The van der Waals surface area contributed by atoms with Crippen LogP contribution in [-0.2, 0) is 0 Å². The molecule has 3 aromatic rings. The van der Waals surface area contributed by atoms with E-state index < -0.39 is 0 Å². The first kappa shape index (κ1) is 16.4. The highest BCUT2D eigenvalue weighted by atomic mass is 35.5. The molecule has 4 rings (SSSR count). The number of rotatable bonds is 4. The number of aromatic nitrogens is 3. The van der Waals surface area contributed by atoms with Crippen LogP contribution in [0.15, 0.2) is 42.6 Å². The smallest absolute Gasteiger partial charge is 0.249 e. The number of halogens is 1. The van der Waals surface area contributed by atoms with Crippen molar-refractivity contribution in [1.82, 2.24) is 15.2 Å². The van der Waals surface area contributed by atoms with E-state index in [2.05, 4.69) is 25.8 Å². The fraction of sp³-hybridized carbons (Fsp3) is 0.167. The molecule has 26 heavy (non-hydrogen) atoms. The molecule has 0 radical (unpaired) electrons. The van der Waals surface area contributed by atoms with Crippen LogP contribution in [0.25, 0.3) is 0 Å². The number of hydrogen-bond donors (Lipinski definition) is 2. The molecule has 0 amide bonds. The topological polar surface area (TPSA) is 81.2 Å². The fourth-order valence-corrected chi connectivity index (χ4v) is 2.67. The second-order valence-corrected chi connectivity index (χ2v) is 6.14. The molecule has 1 aromatic heterocycles. The van der Waals surface area contributed by atoms with Crippen LogP contribution in [0, 0.1) is 6.92 Å². The largest absolute Gasteiger partial charge is 0.486 e. The van der Waals surface area contributed by atoms with E-state index in [-0.39, 0.29) is 0 Å². The molecule has 0 aliphatic carbocycles. The number of benzene rings is 2. The monoisotopic (exact) mass is 369 g/mol. The molecule has 0 saturated heterocycles. The normalized spacial score (nSPS) is 12.5. The Bertz CT molecular complexity index is 951. The predicted molar refractivity (Wildman–Crippen MR) is 100 cm³/mol. The maximum atomic E-state index is 6.15. The lowest BCUT2D eigenvalue weighted by Gasteiger charge is -2.19. The van der Waals surface area contributed by atoms with Crippen molar-refractivity contribution in [1.29, 1.82) is 0 Å². The number of anilines is 4. The van der Waals surface area contributed by atoms with Gasteiger partial charge in [-0.25, -0.2) is 0 Å². The Balaban J connectivity index is 1.51. The standard InChI is InChI=1S/C18H16ClN5O2/c1-11-2-3-12(8-14(11)19)21-17-10-20-24-18(23-17)22-13-4-5-15-16(9-13)26-7-6-25-15/h2-5,8-10H,6-7H2,1H3,(H2,21,22,23,24). The number of nitrogens with one attached hydrogen (secondary N) is 2. The summed E-state index contributed by atoms with van der Waals surface area (Å²) in [6.07, 6.45) is 1.54. The highest BCUT2D eigenvalue weighted by molar-refractivity contribution is 6.31. The zero-order valence-electron chi connectivity index (χ0n) is 14.0. The molecule has 2 N–H and O–H groups in total. The molecule has 0 saturated carbocycles. The minimum Gasteiger partial charge on any atom is -0.486 e. The van der Waals surface area contributed by atoms with Crippen molar-refractivity contribution in [2.75, 3.05) is 23.8 Å². The maximum absolute atomic E-state index is 6.15. The summed E-state index contributed by atoms with van der Waals surface area (Å²) in [5.41, 5.74) is 2.62. The second kappa shape index (κ2) is 7.05. The lowest BCUT2D eigenvalue weighted by molar-refractivity contribution is 0.171. The van der Waals surface area contributed by atoms with Crippen molar-refractivity contribution < 1.29 is 9.47 Å². The van der Waals surface area contributed by atoms with E-state index in [1.165, 1.54) is 0 Å². The van der Waals surface area contributed by atoms with Gasteiger partial charge in [0.1, 0.15) is 13.2 Å². The summed E-state index contributed by atoms with van der Waals surface area (Å²) in [7, 11) is 0. The molecule has 8 heteroatoms. The van der Waals surface area contributed by atoms with Gasteiger partial charge in [0.2, 0.25) is 5.95 Å². The highest BCUT2D eigenvalue weighted by Crippen LogP contribution is 2.33. The summed E-state index contributed by atoms with van der Waals surface area (Å²) in [4.78, 5) is 4.42. The minimum absolute atomic E-state index is 0.366. The van der Waals surface area contributed by atoms with Crippen molar-refractivity contribution in [2.24, 2.45) is 0 Å². The van der Waals surface area contributed by atoms with Gasteiger partial charge in [-0.05, 0) is 36.8 Å². The highest BCUT2D eigenvalue weighted by Gasteiger charge is 2.12. The molecule has 0 spiro atoms. The summed E-state index contributed by atoms with van der Waals surface area (Å²) < 4.78 is 11.1. The Hall–Kier alpha value is -3.06. The van der Waals surface area contributed by atoms with Crippen LogP contribution in [0.4, 0.5) is 23.1 Å². The van der Waals surface area contributed by atoms with Crippen LogP contribution in [0.2, 0.25) is 5.02 Å².